The average Bonchev–Trinajstić information content (AvgIpc) is 2.83. The second-order valence-electron chi connectivity index (χ2n) is 4.23. The molecule has 90 valence electrons. The van der Waals surface area contributed by atoms with Crippen LogP contribution in [0.3, 0.4) is 0 Å². The van der Waals surface area contributed by atoms with E-state index in [1.165, 1.54) is 15.8 Å². The van der Waals surface area contributed by atoms with Crippen LogP contribution in [0.4, 0.5) is 0 Å². The average molecular weight is 254 g/mol. The van der Waals surface area contributed by atoms with Gasteiger partial charge in [-0.05, 0) is 36.7 Å². The third-order valence-electron chi connectivity index (χ3n) is 2.90. The maximum absolute atomic E-state index is 5.60. The molecule has 0 spiro atoms. The molecular formula is C15H14N2S. The van der Waals surface area contributed by atoms with Crippen LogP contribution < -0.4 is 5.73 Å². The van der Waals surface area contributed by atoms with Gasteiger partial charge < -0.3 is 5.73 Å². The first-order valence-electron chi connectivity index (χ1n) is 6.02. The summed E-state index contributed by atoms with van der Waals surface area (Å²) in [5.74, 6) is 0. The van der Waals surface area contributed by atoms with Crippen LogP contribution in [-0.4, -0.2) is 11.5 Å². The van der Waals surface area contributed by atoms with Gasteiger partial charge in [0.15, 0.2) is 0 Å². The van der Waals surface area contributed by atoms with E-state index >= 15 is 0 Å². The highest BCUT2D eigenvalue weighted by Crippen LogP contribution is 2.30. The highest BCUT2D eigenvalue weighted by molar-refractivity contribution is 7.21. The molecule has 0 aliphatic carbocycles. The lowest BCUT2D eigenvalue weighted by atomic mass is 10.1. The monoisotopic (exact) mass is 254 g/mol. The lowest BCUT2D eigenvalue weighted by Crippen LogP contribution is -2.02. The van der Waals surface area contributed by atoms with Crippen LogP contribution in [0, 0.1) is 0 Å². The van der Waals surface area contributed by atoms with Gasteiger partial charge in [0, 0.05) is 5.56 Å². The minimum atomic E-state index is 0.684. The summed E-state index contributed by atoms with van der Waals surface area (Å²) in [6.45, 7) is 0.684. The molecule has 0 amide bonds. The lowest BCUT2D eigenvalue weighted by Gasteiger charge is -2.01. The Bertz CT molecular complexity index is 640. The molecule has 0 unspecified atom stereocenters. The van der Waals surface area contributed by atoms with Gasteiger partial charge in [0.25, 0.3) is 0 Å². The first-order chi connectivity index (χ1) is 8.86. The molecule has 0 saturated carbocycles. The Kier molecular flexibility index (Phi) is 3.09. The Morgan fingerprint density at radius 2 is 1.94 bits per heavy atom. The topological polar surface area (TPSA) is 38.9 Å². The van der Waals surface area contributed by atoms with E-state index < -0.39 is 0 Å². The predicted molar refractivity (Wildman–Crippen MR) is 77.8 cm³/mol. The SMILES string of the molecule is NCCc1cccc(-c2nc3ccccc3s2)c1. The van der Waals surface area contributed by atoms with Gasteiger partial charge in [-0.1, -0.05) is 30.3 Å². The van der Waals surface area contributed by atoms with Gasteiger partial charge in [0.1, 0.15) is 5.01 Å². The van der Waals surface area contributed by atoms with Gasteiger partial charge >= 0.3 is 0 Å². The number of aromatic nitrogens is 1. The summed E-state index contributed by atoms with van der Waals surface area (Å²) in [5.41, 5.74) is 9.12. The number of hydrogen-bond donors (Lipinski definition) is 1. The second-order valence-corrected chi connectivity index (χ2v) is 5.26. The number of rotatable bonds is 3. The molecular weight excluding hydrogens is 240 g/mol. The van der Waals surface area contributed by atoms with E-state index in [1.807, 2.05) is 6.07 Å². The van der Waals surface area contributed by atoms with E-state index in [1.54, 1.807) is 11.3 Å². The Morgan fingerprint density at radius 1 is 1.06 bits per heavy atom. The predicted octanol–water partition coefficient (Wildman–Crippen LogP) is 3.46. The molecule has 18 heavy (non-hydrogen) atoms. The molecule has 1 aromatic heterocycles. The molecule has 1 heterocycles. The first-order valence-corrected chi connectivity index (χ1v) is 6.83. The van der Waals surface area contributed by atoms with Gasteiger partial charge in [-0.3, -0.25) is 0 Å². The maximum atomic E-state index is 5.60. The van der Waals surface area contributed by atoms with Crippen LogP contribution in [0.1, 0.15) is 5.56 Å². The van der Waals surface area contributed by atoms with Crippen molar-refractivity contribution in [2.45, 2.75) is 6.42 Å². The fourth-order valence-electron chi connectivity index (χ4n) is 2.02. The van der Waals surface area contributed by atoms with E-state index in [9.17, 15) is 0 Å². The molecule has 0 aliphatic heterocycles. The normalized spacial score (nSPS) is 10.9. The molecule has 0 atom stereocenters. The minimum Gasteiger partial charge on any atom is -0.330 e. The zero-order chi connectivity index (χ0) is 12.4. The lowest BCUT2D eigenvalue weighted by molar-refractivity contribution is 0.969. The van der Waals surface area contributed by atoms with Gasteiger partial charge in [-0.15, -0.1) is 11.3 Å². The third-order valence-corrected chi connectivity index (χ3v) is 3.99. The minimum absolute atomic E-state index is 0.684. The summed E-state index contributed by atoms with van der Waals surface area (Å²) in [7, 11) is 0. The summed E-state index contributed by atoms with van der Waals surface area (Å²) in [6, 6.07) is 16.7. The zero-order valence-corrected chi connectivity index (χ0v) is 10.8. The molecule has 3 aromatic rings. The summed E-state index contributed by atoms with van der Waals surface area (Å²) in [4.78, 5) is 4.67. The van der Waals surface area contributed by atoms with Gasteiger partial charge in [-0.2, -0.15) is 0 Å². The Morgan fingerprint density at radius 3 is 2.78 bits per heavy atom. The Hall–Kier alpha value is -1.71. The quantitative estimate of drug-likeness (QED) is 0.777. The largest absolute Gasteiger partial charge is 0.330 e. The smallest absolute Gasteiger partial charge is 0.124 e. The number of nitrogens with two attached hydrogens (primary N) is 1. The summed E-state index contributed by atoms with van der Waals surface area (Å²) < 4.78 is 1.23. The van der Waals surface area contributed by atoms with Crippen LogP contribution in [0.5, 0.6) is 0 Å². The highest BCUT2D eigenvalue weighted by Gasteiger charge is 2.05. The maximum Gasteiger partial charge on any atom is 0.124 e. The van der Waals surface area contributed by atoms with E-state index in [2.05, 4.69) is 47.4 Å². The summed E-state index contributed by atoms with van der Waals surface area (Å²) >= 11 is 1.73. The molecule has 2 aromatic carbocycles. The van der Waals surface area contributed by atoms with E-state index in [-0.39, 0.29) is 0 Å². The van der Waals surface area contributed by atoms with Crippen molar-refractivity contribution in [2.75, 3.05) is 6.54 Å². The molecule has 0 radical (unpaired) electrons. The van der Waals surface area contributed by atoms with Crippen LogP contribution in [-0.2, 0) is 6.42 Å². The molecule has 0 saturated heterocycles. The van der Waals surface area contributed by atoms with E-state index in [0.29, 0.717) is 6.54 Å². The fraction of sp³-hybridized carbons (Fsp3) is 0.133. The molecule has 0 bridgehead atoms. The molecule has 3 heteroatoms. The highest BCUT2D eigenvalue weighted by atomic mass is 32.1. The third kappa shape index (κ3) is 2.15. The molecule has 2 nitrogen and oxygen atoms in total. The van der Waals surface area contributed by atoms with Gasteiger partial charge in [-0.25, -0.2) is 4.98 Å². The second kappa shape index (κ2) is 4.88. The number of fused-ring (bicyclic) bond motifs is 1. The Labute approximate surface area is 110 Å². The van der Waals surface area contributed by atoms with Crippen molar-refractivity contribution in [3.05, 3.63) is 54.1 Å². The van der Waals surface area contributed by atoms with Crippen LogP contribution in [0.15, 0.2) is 48.5 Å². The van der Waals surface area contributed by atoms with Crippen molar-refractivity contribution < 1.29 is 0 Å². The van der Waals surface area contributed by atoms with Crippen LogP contribution >= 0.6 is 11.3 Å². The van der Waals surface area contributed by atoms with Gasteiger partial charge in [0.05, 0.1) is 10.2 Å². The van der Waals surface area contributed by atoms with Crippen molar-refractivity contribution in [1.29, 1.82) is 0 Å². The van der Waals surface area contributed by atoms with Crippen molar-refractivity contribution in [1.82, 2.24) is 4.98 Å². The number of hydrogen-bond acceptors (Lipinski definition) is 3. The standard InChI is InChI=1S/C15H14N2S/c16-9-8-11-4-3-5-12(10-11)15-17-13-6-1-2-7-14(13)18-15/h1-7,10H,8-9,16H2. The number of benzene rings is 2. The molecule has 0 aliphatic rings. The van der Waals surface area contributed by atoms with Crippen molar-refractivity contribution in [2.24, 2.45) is 5.73 Å². The summed E-state index contributed by atoms with van der Waals surface area (Å²) in [5, 5.41) is 1.08. The van der Waals surface area contributed by atoms with Crippen LogP contribution in [0.2, 0.25) is 0 Å². The molecule has 0 fully saturated rings. The fourth-order valence-corrected chi connectivity index (χ4v) is 2.98. The number of para-hydroxylation sites is 1. The number of thiazole rings is 1. The van der Waals surface area contributed by atoms with E-state index in [0.717, 1.165) is 16.9 Å². The molecule has 3 rings (SSSR count). The van der Waals surface area contributed by atoms with Crippen molar-refractivity contribution in [3.8, 4) is 10.6 Å². The van der Waals surface area contributed by atoms with Gasteiger partial charge in [0.2, 0.25) is 0 Å². The number of nitrogens with zero attached hydrogens (tertiary/aromatic N) is 1. The van der Waals surface area contributed by atoms with E-state index in [4.69, 9.17) is 5.73 Å². The van der Waals surface area contributed by atoms with Crippen molar-refractivity contribution >= 4 is 21.6 Å². The Balaban J connectivity index is 2.05. The van der Waals surface area contributed by atoms with Crippen LogP contribution in [0.25, 0.3) is 20.8 Å². The van der Waals surface area contributed by atoms with Crippen molar-refractivity contribution in [3.63, 3.8) is 0 Å². The summed E-state index contributed by atoms with van der Waals surface area (Å²) in [6.07, 6.45) is 0.915. The first kappa shape index (κ1) is 11.4. The zero-order valence-electron chi connectivity index (χ0n) is 9.97. The molecule has 2 N–H and O–H groups in total.